The Balaban J connectivity index is 1.96. The van der Waals surface area contributed by atoms with Crippen molar-refractivity contribution in [2.45, 2.75) is 31.9 Å². The van der Waals surface area contributed by atoms with Gasteiger partial charge >= 0.3 is 0 Å². The molecule has 1 aromatic rings. The van der Waals surface area contributed by atoms with Crippen LogP contribution in [0.4, 0.5) is 0 Å². The van der Waals surface area contributed by atoms with Crippen molar-refractivity contribution in [3.8, 4) is 18.1 Å². The highest BCUT2D eigenvalue weighted by atomic mass is 35.5. The molecule has 1 aromatic carbocycles. The van der Waals surface area contributed by atoms with E-state index in [1.165, 1.54) is 12.8 Å². The summed E-state index contributed by atoms with van der Waals surface area (Å²) in [5, 5.41) is 0.732. The number of terminal acetylenes is 1. The predicted molar refractivity (Wildman–Crippen MR) is 74.7 cm³/mol. The van der Waals surface area contributed by atoms with E-state index < -0.39 is 0 Å². The summed E-state index contributed by atoms with van der Waals surface area (Å²) in [5.74, 6) is 3.56. The Kier molecular flexibility index (Phi) is 4.92. The quantitative estimate of drug-likeness (QED) is 0.771. The second-order valence-corrected chi connectivity index (χ2v) is 4.95. The van der Waals surface area contributed by atoms with Gasteiger partial charge in [-0.05, 0) is 43.5 Å². The molecule has 1 atom stereocenters. The molecule has 96 valence electrons. The van der Waals surface area contributed by atoms with Gasteiger partial charge in [0.1, 0.15) is 5.75 Å². The number of hydrogen-bond donors (Lipinski definition) is 0. The van der Waals surface area contributed by atoms with E-state index in [0.29, 0.717) is 0 Å². The van der Waals surface area contributed by atoms with Gasteiger partial charge in [0.2, 0.25) is 0 Å². The highest BCUT2D eigenvalue weighted by molar-refractivity contribution is 6.30. The Morgan fingerprint density at radius 3 is 2.83 bits per heavy atom. The fourth-order valence-electron chi connectivity index (χ4n) is 2.23. The van der Waals surface area contributed by atoms with Crippen LogP contribution in [0.2, 0.25) is 5.02 Å². The van der Waals surface area contributed by atoms with E-state index in [1.807, 2.05) is 24.3 Å². The lowest BCUT2D eigenvalue weighted by Gasteiger charge is -2.35. The molecule has 0 aliphatic carbocycles. The van der Waals surface area contributed by atoms with E-state index in [-0.39, 0.29) is 6.23 Å². The van der Waals surface area contributed by atoms with E-state index >= 15 is 0 Å². The molecule has 1 aliphatic heterocycles. The lowest BCUT2D eigenvalue weighted by molar-refractivity contribution is -0.00223. The van der Waals surface area contributed by atoms with Crippen molar-refractivity contribution >= 4 is 11.6 Å². The maximum atomic E-state index is 6.02. The SMILES string of the molecule is C#CCCN1CCCCC1Oc1ccc(Cl)cc1. The highest BCUT2D eigenvalue weighted by Gasteiger charge is 2.23. The van der Waals surface area contributed by atoms with Gasteiger partial charge in [-0.3, -0.25) is 4.90 Å². The van der Waals surface area contributed by atoms with E-state index in [9.17, 15) is 0 Å². The molecule has 1 fully saturated rings. The van der Waals surface area contributed by atoms with Gasteiger partial charge in [0, 0.05) is 24.5 Å². The van der Waals surface area contributed by atoms with Crippen molar-refractivity contribution in [3.05, 3.63) is 29.3 Å². The first kappa shape index (κ1) is 13.3. The Morgan fingerprint density at radius 1 is 1.33 bits per heavy atom. The minimum absolute atomic E-state index is 0.147. The second kappa shape index (κ2) is 6.68. The van der Waals surface area contributed by atoms with Crippen molar-refractivity contribution in [2.75, 3.05) is 13.1 Å². The van der Waals surface area contributed by atoms with E-state index in [4.69, 9.17) is 22.8 Å². The minimum atomic E-state index is 0.147. The van der Waals surface area contributed by atoms with Crippen molar-refractivity contribution in [1.29, 1.82) is 0 Å². The molecular weight excluding hydrogens is 246 g/mol. The number of likely N-dealkylation sites (tertiary alicyclic amines) is 1. The summed E-state index contributed by atoms with van der Waals surface area (Å²) >= 11 is 5.86. The average Bonchev–Trinajstić information content (AvgIpc) is 2.40. The topological polar surface area (TPSA) is 12.5 Å². The largest absolute Gasteiger partial charge is 0.475 e. The Hall–Kier alpha value is -1.17. The summed E-state index contributed by atoms with van der Waals surface area (Å²) in [6.45, 7) is 1.98. The van der Waals surface area contributed by atoms with Crippen LogP contribution in [0.15, 0.2) is 24.3 Å². The monoisotopic (exact) mass is 263 g/mol. The number of benzene rings is 1. The molecule has 0 saturated carbocycles. The number of piperidine rings is 1. The summed E-state index contributed by atoms with van der Waals surface area (Å²) < 4.78 is 6.02. The van der Waals surface area contributed by atoms with Crippen LogP contribution in [0.25, 0.3) is 0 Å². The van der Waals surface area contributed by atoms with Gasteiger partial charge < -0.3 is 4.74 Å². The smallest absolute Gasteiger partial charge is 0.152 e. The maximum absolute atomic E-state index is 6.02. The van der Waals surface area contributed by atoms with Crippen LogP contribution in [-0.4, -0.2) is 24.2 Å². The molecule has 18 heavy (non-hydrogen) atoms. The van der Waals surface area contributed by atoms with Crippen LogP contribution in [0.5, 0.6) is 5.75 Å². The molecule has 0 spiro atoms. The van der Waals surface area contributed by atoms with E-state index in [2.05, 4.69) is 10.8 Å². The van der Waals surface area contributed by atoms with Crippen LogP contribution in [0.1, 0.15) is 25.7 Å². The standard InChI is InChI=1S/C15H18ClNO/c1-2-3-11-17-12-5-4-6-15(17)18-14-9-7-13(16)8-10-14/h1,7-10,15H,3-6,11-12H2. The highest BCUT2D eigenvalue weighted by Crippen LogP contribution is 2.23. The van der Waals surface area contributed by atoms with Gasteiger partial charge in [-0.1, -0.05) is 11.6 Å². The van der Waals surface area contributed by atoms with Crippen molar-refractivity contribution < 1.29 is 4.74 Å². The summed E-state index contributed by atoms with van der Waals surface area (Å²) in [7, 11) is 0. The summed E-state index contributed by atoms with van der Waals surface area (Å²) in [5.41, 5.74) is 0. The number of rotatable bonds is 4. The van der Waals surface area contributed by atoms with Crippen molar-refractivity contribution in [3.63, 3.8) is 0 Å². The van der Waals surface area contributed by atoms with Gasteiger partial charge in [-0.2, -0.15) is 0 Å². The predicted octanol–water partition coefficient (Wildman–Crippen LogP) is 3.55. The molecule has 0 aromatic heterocycles. The number of nitrogens with zero attached hydrogens (tertiary/aromatic N) is 1. The number of halogens is 1. The first-order chi connectivity index (χ1) is 8.79. The van der Waals surface area contributed by atoms with Crippen LogP contribution in [0.3, 0.4) is 0 Å². The van der Waals surface area contributed by atoms with Gasteiger partial charge in [0.25, 0.3) is 0 Å². The second-order valence-electron chi connectivity index (χ2n) is 4.51. The lowest BCUT2D eigenvalue weighted by atomic mass is 10.1. The lowest BCUT2D eigenvalue weighted by Crippen LogP contribution is -2.43. The van der Waals surface area contributed by atoms with Crippen molar-refractivity contribution in [2.24, 2.45) is 0 Å². The zero-order valence-corrected chi connectivity index (χ0v) is 11.2. The van der Waals surface area contributed by atoms with Crippen LogP contribution < -0.4 is 4.74 Å². The minimum Gasteiger partial charge on any atom is -0.475 e. The first-order valence-electron chi connectivity index (χ1n) is 6.39. The number of ether oxygens (including phenoxy) is 1. The first-order valence-corrected chi connectivity index (χ1v) is 6.77. The third-order valence-electron chi connectivity index (χ3n) is 3.18. The average molecular weight is 264 g/mol. The molecule has 0 N–H and O–H groups in total. The van der Waals surface area contributed by atoms with Crippen LogP contribution in [0, 0.1) is 12.3 Å². The number of hydrogen-bond acceptors (Lipinski definition) is 2. The normalized spacial score (nSPS) is 20.3. The molecule has 1 unspecified atom stereocenters. The Labute approximate surface area is 114 Å². The molecule has 1 saturated heterocycles. The maximum Gasteiger partial charge on any atom is 0.152 e. The van der Waals surface area contributed by atoms with Gasteiger partial charge in [-0.15, -0.1) is 12.3 Å². The summed E-state index contributed by atoms with van der Waals surface area (Å²) in [6.07, 6.45) is 9.76. The third-order valence-corrected chi connectivity index (χ3v) is 3.43. The molecule has 1 heterocycles. The van der Waals surface area contributed by atoms with Gasteiger partial charge in [0.05, 0.1) is 0 Å². The van der Waals surface area contributed by atoms with Gasteiger partial charge in [0.15, 0.2) is 6.23 Å². The van der Waals surface area contributed by atoms with E-state index in [0.717, 1.165) is 36.7 Å². The van der Waals surface area contributed by atoms with Crippen molar-refractivity contribution in [1.82, 2.24) is 4.90 Å². The van der Waals surface area contributed by atoms with E-state index in [1.54, 1.807) is 0 Å². The van der Waals surface area contributed by atoms with Gasteiger partial charge in [-0.25, -0.2) is 0 Å². The van der Waals surface area contributed by atoms with Crippen LogP contribution in [-0.2, 0) is 0 Å². The Morgan fingerprint density at radius 2 is 2.11 bits per heavy atom. The zero-order chi connectivity index (χ0) is 12.8. The molecule has 0 radical (unpaired) electrons. The van der Waals surface area contributed by atoms with Crippen LogP contribution >= 0.6 is 11.6 Å². The molecule has 0 bridgehead atoms. The molecule has 2 nitrogen and oxygen atoms in total. The Bertz CT molecular complexity index is 409. The fourth-order valence-corrected chi connectivity index (χ4v) is 2.35. The molecule has 1 aliphatic rings. The fraction of sp³-hybridized carbons (Fsp3) is 0.467. The molecule has 2 rings (SSSR count). The molecular formula is C15H18ClNO. The molecule has 0 amide bonds. The zero-order valence-electron chi connectivity index (χ0n) is 10.4. The molecule has 3 heteroatoms. The summed E-state index contributed by atoms with van der Waals surface area (Å²) in [6, 6.07) is 7.53. The third kappa shape index (κ3) is 3.66. The summed E-state index contributed by atoms with van der Waals surface area (Å²) in [4.78, 5) is 2.33.